The summed E-state index contributed by atoms with van der Waals surface area (Å²) in [6.45, 7) is 6.39. The molecule has 1 saturated heterocycles. The minimum atomic E-state index is 0.612. The summed E-state index contributed by atoms with van der Waals surface area (Å²) in [7, 11) is 1.91. The molecule has 1 aromatic heterocycles. The van der Waals surface area contributed by atoms with Crippen molar-refractivity contribution in [3.05, 3.63) is 22.8 Å². The van der Waals surface area contributed by atoms with Crippen molar-refractivity contribution in [1.29, 1.82) is 0 Å². The van der Waals surface area contributed by atoms with E-state index < -0.39 is 0 Å². The molecule has 1 aromatic rings. The Hall–Kier alpha value is -0.800. The first-order valence-corrected chi connectivity index (χ1v) is 7.08. The van der Waals surface area contributed by atoms with Crippen molar-refractivity contribution in [2.75, 3.05) is 18.5 Å². The lowest BCUT2D eigenvalue weighted by Gasteiger charge is -2.29. The Kier molecular flexibility index (Phi) is 4.46. The fourth-order valence-corrected chi connectivity index (χ4v) is 2.87. The van der Waals surface area contributed by atoms with Crippen LogP contribution in [0, 0.1) is 5.92 Å². The normalized spacial score (nSPS) is 19.8. The molecule has 4 heteroatoms. The highest BCUT2D eigenvalue weighted by atomic mass is 35.5. The number of hydrogen-bond acceptors (Lipinski definition) is 3. The van der Waals surface area contributed by atoms with Gasteiger partial charge in [-0.2, -0.15) is 0 Å². The molecule has 1 N–H and O–H groups in total. The van der Waals surface area contributed by atoms with Crippen LogP contribution in [0.1, 0.15) is 32.4 Å². The van der Waals surface area contributed by atoms with E-state index >= 15 is 0 Å². The van der Waals surface area contributed by atoms with Gasteiger partial charge in [-0.25, -0.2) is 4.98 Å². The fourth-order valence-electron chi connectivity index (χ4n) is 2.69. The predicted molar refractivity (Wildman–Crippen MR) is 77.2 cm³/mol. The standard InChI is InChI=1S/C14H22ClN3/c1-10(2)13-5-4-8-18(13)14-7-6-11(15)12(17-14)9-16-3/h6-7,10,13,16H,4-5,8-9H2,1-3H3. The van der Waals surface area contributed by atoms with Crippen molar-refractivity contribution < 1.29 is 0 Å². The smallest absolute Gasteiger partial charge is 0.129 e. The molecule has 1 unspecified atom stereocenters. The van der Waals surface area contributed by atoms with Gasteiger partial charge >= 0.3 is 0 Å². The lowest BCUT2D eigenvalue weighted by atomic mass is 10.0. The van der Waals surface area contributed by atoms with Crippen molar-refractivity contribution in [1.82, 2.24) is 10.3 Å². The molecular formula is C14H22ClN3. The Morgan fingerprint density at radius 1 is 1.50 bits per heavy atom. The zero-order valence-electron chi connectivity index (χ0n) is 11.4. The topological polar surface area (TPSA) is 28.2 Å². The Balaban J connectivity index is 2.24. The van der Waals surface area contributed by atoms with Gasteiger partial charge in [0.15, 0.2) is 0 Å². The second kappa shape index (κ2) is 5.89. The van der Waals surface area contributed by atoms with Crippen LogP contribution in [0.3, 0.4) is 0 Å². The van der Waals surface area contributed by atoms with Gasteiger partial charge in [0.1, 0.15) is 5.82 Å². The summed E-state index contributed by atoms with van der Waals surface area (Å²) >= 11 is 6.16. The molecule has 2 rings (SSSR count). The molecule has 0 aliphatic carbocycles. The van der Waals surface area contributed by atoms with Crippen LogP contribution in [-0.2, 0) is 6.54 Å². The molecule has 2 heterocycles. The van der Waals surface area contributed by atoms with E-state index in [1.54, 1.807) is 0 Å². The quantitative estimate of drug-likeness (QED) is 0.909. The molecule has 100 valence electrons. The van der Waals surface area contributed by atoms with E-state index in [2.05, 4.69) is 24.1 Å². The van der Waals surface area contributed by atoms with Crippen LogP contribution in [0.15, 0.2) is 12.1 Å². The maximum absolute atomic E-state index is 6.16. The number of rotatable bonds is 4. The molecule has 1 aliphatic heterocycles. The Morgan fingerprint density at radius 2 is 2.28 bits per heavy atom. The number of halogens is 1. The van der Waals surface area contributed by atoms with E-state index in [-0.39, 0.29) is 0 Å². The summed E-state index contributed by atoms with van der Waals surface area (Å²) in [4.78, 5) is 7.14. The van der Waals surface area contributed by atoms with E-state index in [9.17, 15) is 0 Å². The van der Waals surface area contributed by atoms with Crippen molar-refractivity contribution in [2.24, 2.45) is 5.92 Å². The van der Waals surface area contributed by atoms with Crippen LogP contribution in [0.25, 0.3) is 0 Å². The van der Waals surface area contributed by atoms with Crippen molar-refractivity contribution in [3.63, 3.8) is 0 Å². The molecule has 18 heavy (non-hydrogen) atoms. The Morgan fingerprint density at radius 3 is 2.94 bits per heavy atom. The molecular weight excluding hydrogens is 246 g/mol. The summed E-state index contributed by atoms with van der Waals surface area (Å²) in [5.74, 6) is 1.73. The third kappa shape index (κ3) is 2.78. The van der Waals surface area contributed by atoms with Crippen molar-refractivity contribution in [3.8, 4) is 0 Å². The summed E-state index contributed by atoms with van der Waals surface area (Å²) in [6, 6.07) is 4.62. The van der Waals surface area contributed by atoms with Gasteiger partial charge in [-0.05, 0) is 37.9 Å². The zero-order valence-corrected chi connectivity index (χ0v) is 12.2. The van der Waals surface area contributed by atoms with Crippen LogP contribution in [0.2, 0.25) is 5.02 Å². The molecule has 1 aliphatic rings. The van der Waals surface area contributed by atoms with Crippen LogP contribution >= 0.6 is 11.6 Å². The van der Waals surface area contributed by atoms with E-state index in [1.165, 1.54) is 12.8 Å². The number of aromatic nitrogens is 1. The van der Waals surface area contributed by atoms with Gasteiger partial charge in [-0.3, -0.25) is 0 Å². The van der Waals surface area contributed by atoms with E-state index in [0.717, 1.165) is 23.1 Å². The van der Waals surface area contributed by atoms with Gasteiger partial charge in [0.05, 0.1) is 10.7 Å². The first kappa shape index (κ1) is 13.6. The molecule has 0 amide bonds. The summed E-state index contributed by atoms with van der Waals surface area (Å²) < 4.78 is 0. The molecule has 3 nitrogen and oxygen atoms in total. The van der Waals surface area contributed by atoms with Gasteiger partial charge in [0, 0.05) is 19.1 Å². The second-order valence-corrected chi connectivity index (χ2v) is 5.68. The van der Waals surface area contributed by atoms with Crippen LogP contribution in [-0.4, -0.2) is 24.6 Å². The van der Waals surface area contributed by atoms with Gasteiger partial charge in [-0.1, -0.05) is 25.4 Å². The monoisotopic (exact) mass is 267 g/mol. The van der Waals surface area contributed by atoms with Crippen molar-refractivity contribution in [2.45, 2.75) is 39.3 Å². The first-order chi connectivity index (χ1) is 8.63. The Labute approximate surface area is 115 Å². The fraction of sp³-hybridized carbons (Fsp3) is 0.643. The number of nitrogens with one attached hydrogen (secondary N) is 1. The van der Waals surface area contributed by atoms with Crippen molar-refractivity contribution >= 4 is 17.4 Å². The van der Waals surface area contributed by atoms with E-state index in [0.29, 0.717) is 18.5 Å². The third-order valence-corrected chi connectivity index (χ3v) is 3.96. The van der Waals surface area contributed by atoms with Crippen LogP contribution in [0.4, 0.5) is 5.82 Å². The van der Waals surface area contributed by atoms with Gasteiger partial charge in [-0.15, -0.1) is 0 Å². The first-order valence-electron chi connectivity index (χ1n) is 6.70. The van der Waals surface area contributed by atoms with Crippen LogP contribution < -0.4 is 10.2 Å². The molecule has 0 bridgehead atoms. The number of nitrogens with zero attached hydrogens (tertiary/aromatic N) is 2. The lowest BCUT2D eigenvalue weighted by Crippen LogP contribution is -2.34. The molecule has 0 spiro atoms. The number of pyridine rings is 1. The van der Waals surface area contributed by atoms with Gasteiger partial charge < -0.3 is 10.2 Å². The highest BCUT2D eigenvalue weighted by Crippen LogP contribution is 2.29. The largest absolute Gasteiger partial charge is 0.353 e. The van der Waals surface area contributed by atoms with E-state index in [4.69, 9.17) is 16.6 Å². The predicted octanol–water partition coefficient (Wildman–Crippen LogP) is 3.08. The maximum atomic E-state index is 6.16. The maximum Gasteiger partial charge on any atom is 0.129 e. The number of anilines is 1. The SMILES string of the molecule is CNCc1nc(N2CCCC2C(C)C)ccc1Cl. The minimum Gasteiger partial charge on any atom is -0.353 e. The summed E-state index contributed by atoms with van der Waals surface area (Å²) in [5.41, 5.74) is 0.936. The number of hydrogen-bond donors (Lipinski definition) is 1. The third-order valence-electron chi connectivity index (χ3n) is 3.61. The Bertz CT molecular complexity index is 406. The zero-order chi connectivity index (χ0) is 13.1. The average molecular weight is 268 g/mol. The van der Waals surface area contributed by atoms with Gasteiger partial charge in [0.25, 0.3) is 0 Å². The average Bonchev–Trinajstić information content (AvgIpc) is 2.81. The van der Waals surface area contributed by atoms with E-state index in [1.807, 2.05) is 19.2 Å². The van der Waals surface area contributed by atoms with Crippen LogP contribution in [0.5, 0.6) is 0 Å². The molecule has 0 aromatic carbocycles. The highest BCUT2D eigenvalue weighted by molar-refractivity contribution is 6.31. The molecule has 1 fully saturated rings. The molecule has 0 radical (unpaired) electrons. The second-order valence-electron chi connectivity index (χ2n) is 5.28. The molecule has 0 saturated carbocycles. The van der Waals surface area contributed by atoms with Gasteiger partial charge in [0.2, 0.25) is 0 Å². The highest BCUT2D eigenvalue weighted by Gasteiger charge is 2.28. The summed E-state index contributed by atoms with van der Waals surface area (Å²) in [5, 5.41) is 3.86. The summed E-state index contributed by atoms with van der Waals surface area (Å²) in [6.07, 6.45) is 2.53. The lowest BCUT2D eigenvalue weighted by molar-refractivity contribution is 0.489. The minimum absolute atomic E-state index is 0.612. The molecule has 1 atom stereocenters.